The van der Waals surface area contributed by atoms with E-state index in [2.05, 4.69) is 119 Å². The second-order valence-electron chi connectivity index (χ2n) is 8.32. The van der Waals surface area contributed by atoms with Gasteiger partial charge in [-0.05, 0) is 35.1 Å². The van der Waals surface area contributed by atoms with Gasteiger partial charge in [0.15, 0.2) is 24.8 Å². The average molecular weight is 568 g/mol. The Bertz CT molecular complexity index is 1040. The van der Waals surface area contributed by atoms with E-state index in [1.807, 2.05) is 0 Å². The van der Waals surface area contributed by atoms with Gasteiger partial charge in [0.1, 0.15) is 13.1 Å². The molecule has 4 aromatic rings. The van der Waals surface area contributed by atoms with E-state index in [9.17, 15) is 25.9 Å². The summed E-state index contributed by atoms with van der Waals surface area (Å²) in [7, 11) is -7.33. The molecule has 12 heteroatoms. The number of hydrogen-bond donors (Lipinski definition) is 0. The third-order valence-corrected chi connectivity index (χ3v) is 5.56. The minimum Gasteiger partial charge on any atom is -1.00 e. The van der Waals surface area contributed by atoms with Crippen LogP contribution in [0.3, 0.4) is 0 Å². The first kappa shape index (κ1) is 36.3. The standard InChI is InChI=1S/C28H30N2.2BF3.2FH/c1-3-9-25(10-4-1)13-7-19-29-21-15-27(16-22-29)28-17-23-30(24-18-28)20-8-14-26-11-5-2-6-12-26;2*2-1(3)4;;/h1-6,9-12,15-18,21-24H,7-8,13-14,19-20H2;;;2*1H/q+2;;;;/p-2. The Morgan fingerprint density at radius 2 is 0.725 bits per heavy atom. The zero-order valence-corrected chi connectivity index (χ0v) is 21.7. The second-order valence-corrected chi connectivity index (χ2v) is 8.32. The predicted octanol–water partition coefficient (Wildman–Crippen LogP) is 0.962. The Morgan fingerprint density at radius 1 is 0.450 bits per heavy atom. The number of pyridine rings is 2. The zero-order chi connectivity index (χ0) is 27.6. The number of rotatable bonds is 9. The lowest BCUT2D eigenvalue weighted by Crippen LogP contribution is -3.00. The van der Waals surface area contributed by atoms with E-state index in [1.54, 1.807) is 0 Å². The third kappa shape index (κ3) is 16.3. The highest BCUT2D eigenvalue weighted by atomic mass is 19.4. The first-order valence-electron chi connectivity index (χ1n) is 12.2. The highest BCUT2D eigenvalue weighted by molar-refractivity contribution is 6.33. The van der Waals surface area contributed by atoms with Crippen molar-refractivity contribution in [2.24, 2.45) is 0 Å². The van der Waals surface area contributed by atoms with Crippen molar-refractivity contribution in [1.29, 1.82) is 0 Å². The highest BCUT2D eigenvalue weighted by Gasteiger charge is 2.07. The van der Waals surface area contributed by atoms with Crippen molar-refractivity contribution >= 4 is 15.1 Å². The normalized spacial score (nSPS) is 9.45. The molecule has 2 aromatic heterocycles. The molecule has 0 aliphatic rings. The molecular formula is C28H30B2F8N2. The first-order chi connectivity index (χ1) is 18.3. The fourth-order valence-corrected chi connectivity index (χ4v) is 3.82. The van der Waals surface area contributed by atoms with Crippen LogP contribution in [-0.4, -0.2) is 15.1 Å². The van der Waals surface area contributed by atoms with E-state index in [-0.39, 0.29) is 9.41 Å². The lowest BCUT2D eigenvalue weighted by atomic mass is 10.1. The maximum atomic E-state index is 9.67. The summed E-state index contributed by atoms with van der Waals surface area (Å²) in [6.07, 6.45) is 13.3. The van der Waals surface area contributed by atoms with Crippen molar-refractivity contribution in [2.75, 3.05) is 0 Å². The van der Waals surface area contributed by atoms with Gasteiger partial charge in [0, 0.05) is 37.1 Å². The molecule has 214 valence electrons. The number of halogens is 8. The topological polar surface area (TPSA) is 7.76 Å². The van der Waals surface area contributed by atoms with Crippen LogP contribution < -0.4 is 18.5 Å². The molecule has 0 saturated heterocycles. The second kappa shape index (κ2) is 21.2. The van der Waals surface area contributed by atoms with E-state index in [0.717, 1.165) is 38.8 Å². The number of benzene rings is 2. The van der Waals surface area contributed by atoms with E-state index < -0.39 is 15.1 Å². The van der Waals surface area contributed by atoms with Gasteiger partial charge in [-0.2, -0.15) is 0 Å². The van der Waals surface area contributed by atoms with Gasteiger partial charge >= 0.3 is 15.1 Å². The van der Waals surface area contributed by atoms with Gasteiger partial charge in [-0.15, -0.1) is 0 Å². The van der Waals surface area contributed by atoms with Crippen LogP contribution >= 0.6 is 0 Å². The van der Waals surface area contributed by atoms with Crippen LogP contribution in [0.4, 0.5) is 25.9 Å². The molecular weight excluding hydrogens is 538 g/mol. The van der Waals surface area contributed by atoms with Crippen LogP contribution in [0.2, 0.25) is 0 Å². The summed E-state index contributed by atoms with van der Waals surface area (Å²) < 4.78 is 62.6. The third-order valence-electron chi connectivity index (χ3n) is 5.56. The molecule has 0 spiro atoms. The van der Waals surface area contributed by atoms with Gasteiger partial charge in [0.25, 0.3) is 0 Å². The van der Waals surface area contributed by atoms with Gasteiger partial charge in [0.05, 0.1) is 0 Å². The van der Waals surface area contributed by atoms with Crippen molar-refractivity contribution in [3.8, 4) is 11.1 Å². The molecule has 2 heterocycles. The van der Waals surface area contributed by atoms with Crippen molar-refractivity contribution < 1.29 is 44.4 Å². The minimum atomic E-state index is -3.67. The highest BCUT2D eigenvalue weighted by Crippen LogP contribution is 2.15. The van der Waals surface area contributed by atoms with Gasteiger partial charge in [-0.1, -0.05) is 60.7 Å². The quantitative estimate of drug-likeness (QED) is 0.162. The van der Waals surface area contributed by atoms with Crippen molar-refractivity contribution in [3.05, 3.63) is 121 Å². The molecule has 4 rings (SSSR count). The lowest BCUT2D eigenvalue weighted by molar-refractivity contribution is -0.697. The molecule has 0 atom stereocenters. The fourth-order valence-electron chi connectivity index (χ4n) is 3.82. The number of aromatic nitrogens is 2. The lowest BCUT2D eigenvalue weighted by Gasteiger charge is -2.03. The Morgan fingerprint density at radius 3 is 1.00 bits per heavy atom. The largest absolute Gasteiger partial charge is 1.00 e. The van der Waals surface area contributed by atoms with Crippen LogP contribution in [0.5, 0.6) is 0 Å². The monoisotopic (exact) mass is 568 g/mol. The summed E-state index contributed by atoms with van der Waals surface area (Å²) in [5.74, 6) is 0. The molecule has 0 radical (unpaired) electrons. The summed E-state index contributed by atoms with van der Waals surface area (Å²) in [6.45, 7) is 2.09. The number of aryl methyl sites for hydroxylation is 4. The van der Waals surface area contributed by atoms with Crippen LogP contribution in [0.25, 0.3) is 11.1 Å². The van der Waals surface area contributed by atoms with E-state index in [1.165, 1.54) is 22.3 Å². The summed E-state index contributed by atoms with van der Waals surface area (Å²) in [5.41, 5.74) is 5.36. The molecule has 2 aromatic carbocycles. The van der Waals surface area contributed by atoms with Crippen LogP contribution in [-0.2, 0) is 25.9 Å². The molecule has 0 saturated carbocycles. The smallest absolute Gasteiger partial charge is 0.762 e. The summed E-state index contributed by atoms with van der Waals surface area (Å²) >= 11 is 0. The van der Waals surface area contributed by atoms with Crippen molar-refractivity contribution in [2.45, 2.75) is 38.8 Å². The summed E-state index contributed by atoms with van der Waals surface area (Å²) in [4.78, 5) is 0. The van der Waals surface area contributed by atoms with Gasteiger partial charge in [-0.25, -0.2) is 9.13 Å². The Labute approximate surface area is 230 Å². The minimum absolute atomic E-state index is 0. The summed E-state index contributed by atoms with van der Waals surface area (Å²) in [6, 6.07) is 30.3. The molecule has 0 bridgehead atoms. The summed E-state index contributed by atoms with van der Waals surface area (Å²) in [5, 5.41) is 0. The molecule has 0 fully saturated rings. The predicted molar refractivity (Wildman–Crippen MR) is 140 cm³/mol. The van der Waals surface area contributed by atoms with E-state index >= 15 is 0 Å². The van der Waals surface area contributed by atoms with Crippen LogP contribution in [0.1, 0.15) is 24.0 Å². The molecule has 0 aliphatic heterocycles. The molecule has 0 aliphatic carbocycles. The van der Waals surface area contributed by atoms with E-state index in [4.69, 9.17) is 0 Å². The molecule has 0 unspecified atom stereocenters. The molecule has 2 nitrogen and oxygen atoms in total. The zero-order valence-electron chi connectivity index (χ0n) is 21.7. The van der Waals surface area contributed by atoms with Gasteiger partial charge in [0.2, 0.25) is 0 Å². The molecule has 0 N–H and O–H groups in total. The average Bonchev–Trinajstić information content (AvgIpc) is 2.90. The maximum Gasteiger partial charge on any atom is 0.762 e. The van der Waals surface area contributed by atoms with E-state index in [0.29, 0.717) is 0 Å². The SMILES string of the molecule is FB(F)F.FB(F)F.[F-].[F-].c1ccc(CCC[n+]2ccc(-c3cc[n+](CCCc4ccccc4)cc3)cc2)cc1. The number of hydrogen-bond acceptors (Lipinski definition) is 0. The number of nitrogens with zero attached hydrogens (tertiary/aromatic N) is 2. The van der Waals surface area contributed by atoms with Crippen LogP contribution in [0.15, 0.2) is 110 Å². The van der Waals surface area contributed by atoms with Gasteiger partial charge in [-0.3, -0.25) is 25.9 Å². The van der Waals surface area contributed by atoms with Gasteiger partial charge < -0.3 is 9.41 Å². The maximum absolute atomic E-state index is 9.67. The molecule has 40 heavy (non-hydrogen) atoms. The first-order valence-corrected chi connectivity index (χ1v) is 12.2. The van der Waals surface area contributed by atoms with Crippen molar-refractivity contribution in [1.82, 2.24) is 0 Å². The van der Waals surface area contributed by atoms with Crippen molar-refractivity contribution in [3.63, 3.8) is 0 Å². The van der Waals surface area contributed by atoms with Crippen LogP contribution in [0, 0.1) is 0 Å². The fraction of sp³-hybridized carbons (Fsp3) is 0.214. The Hall–Kier alpha value is -3.69. The molecule has 0 amide bonds. The Balaban J connectivity index is 0.00000135. The Kier molecular flexibility index (Phi) is 19.2.